The molecule has 12 nitrogen and oxygen atoms in total. The Morgan fingerprint density at radius 2 is 1.94 bits per heavy atom. The molecule has 2 amide bonds. The summed E-state index contributed by atoms with van der Waals surface area (Å²) < 4.78 is 71.3. The van der Waals surface area contributed by atoms with Crippen molar-refractivity contribution in [1.29, 1.82) is 0 Å². The number of anilines is 1. The summed E-state index contributed by atoms with van der Waals surface area (Å²) in [4.78, 5) is 49.2. The highest BCUT2D eigenvalue weighted by molar-refractivity contribution is 7.90. The van der Waals surface area contributed by atoms with Crippen molar-refractivity contribution in [2.24, 2.45) is 0 Å². The summed E-state index contributed by atoms with van der Waals surface area (Å²) >= 11 is 0.765. The first-order chi connectivity index (χ1) is 23.2. The molecule has 17 heteroatoms. The van der Waals surface area contributed by atoms with Gasteiger partial charge in [0.25, 0.3) is 0 Å². The van der Waals surface area contributed by atoms with E-state index in [0.29, 0.717) is 49.2 Å². The molecule has 0 spiro atoms. The van der Waals surface area contributed by atoms with Gasteiger partial charge in [0.15, 0.2) is 5.69 Å². The topological polar surface area (TPSA) is 153 Å². The van der Waals surface area contributed by atoms with Gasteiger partial charge >= 0.3 is 18.2 Å². The highest BCUT2D eigenvalue weighted by Crippen LogP contribution is 2.39. The lowest BCUT2D eigenvalue weighted by molar-refractivity contribution is -0.140. The summed E-state index contributed by atoms with van der Waals surface area (Å²) in [6.07, 6.45) is 0.828. The van der Waals surface area contributed by atoms with Crippen molar-refractivity contribution in [2.45, 2.75) is 38.9 Å². The van der Waals surface area contributed by atoms with Crippen LogP contribution in [0.5, 0.6) is 0 Å². The van der Waals surface area contributed by atoms with Crippen LogP contribution in [0.1, 0.15) is 48.8 Å². The molecule has 1 unspecified atom stereocenters. The number of nitrogens with one attached hydrogen (secondary N) is 2. The first-order valence-corrected chi connectivity index (χ1v) is 18.5. The van der Waals surface area contributed by atoms with Crippen LogP contribution in [0.3, 0.4) is 0 Å². The number of esters is 1. The third kappa shape index (κ3) is 8.45. The van der Waals surface area contributed by atoms with Crippen LogP contribution in [0.25, 0.3) is 32.6 Å². The molecular formula is C32H35F3N6O6S2. The van der Waals surface area contributed by atoms with E-state index in [9.17, 15) is 36.0 Å². The monoisotopic (exact) mass is 720 g/mol. The Kier molecular flexibility index (Phi) is 10.7. The normalized spacial score (nSPS) is 15.7. The van der Waals surface area contributed by atoms with Crippen LogP contribution in [0.15, 0.2) is 46.8 Å². The number of alkyl halides is 3. The Balaban J connectivity index is 1.65. The van der Waals surface area contributed by atoms with E-state index in [1.807, 2.05) is 9.47 Å². The van der Waals surface area contributed by atoms with Crippen molar-refractivity contribution in [1.82, 2.24) is 24.8 Å². The van der Waals surface area contributed by atoms with E-state index in [1.165, 1.54) is 24.7 Å². The van der Waals surface area contributed by atoms with Crippen molar-refractivity contribution in [3.05, 3.63) is 63.5 Å². The van der Waals surface area contributed by atoms with E-state index in [1.54, 1.807) is 32.0 Å². The number of pyridine rings is 2. The maximum absolute atomic E-state index is 13.8. The molecule has 5 rings (SSSR count). The molecule has 0 saturated carbocycles. The summed E-state index contributed by atoms with van der Waals surface area (Å²) in [6, 6.07) is 5.60. The Morgan fingerprint density at radius 1 is 1.16 bits per heavy atom. The Morgan fingerprint density at radius 3 is 2.61 bits per heavy atom. The van der Waals surface area contributed by atoms with Crippen molar-refractivity contribution in [3.63, 3.8) is 0 Å². The predicted octanol–water partition coefficient (Wildman–Crippen LogP) is 5.21. The third-order valence-corrected chi connectivity index (χ3v) is 9.80. The SMILES string of the molecule is CCNC(=O)Nc1cc(-c2nc(C(F)(F)F)cs2)c(-c2ccc3c(c2)c(=O)c(C(=O)OCC)cn3C2CCCN(CCS(C)(=O)=O)C2)cn1. The number of halogens is 3. The van der Waals surface area contributed by atoms with Gasteiger partial charge in [-0.25, -0.2) is 28.0 Å². The second-order valence-corrected chi connectivity index (χ2v) is 14.7. The number of fused-ring (bicyclic) bond motifs is 1. The van der Waals surface area contributed by atoms with E-state index in [0.717, 1.165) is 23.1 Å². The molecule has 4 heterocycles. The minimum Gasteiger partial charge on any atom is -0.462 e. The van der Waals surface area contributed by atoms with Crippen molar-refractivity contribution >= 4 is 49.9 Å². The number of aromatic nitrogens is 3. The lowest BCUT2D eigenvalue weighted by Crippen LogP contribution is -2.39. The fourth-order valence-electron chi connectivity index (χ4n) is 5.71. The zero-order valence-electron chi connectivity index (χ0n) is 27.0. The summed E-state index contributed by atoms with van der Waals surface area (Å²) in [6.45, 7) is 5.25. The third-order valence-electron chi connectivity index (χ3n) is 8.00. The highest BCUT2D eigenvalue weighted by atomic mass is 32.2. The average Bonchev–Trinajstić information content (AvgIpc) is 3.55. The number of hydrogen-bond acceptors (Lipinski definition) is 10. The van der Waals surface area contributed by atoms with Gasteiger partial charge in [-0.3, -0.25) is 10.1 Å². The second kappa shape index (κ2) is 14.6. The van der Waals surface area contributed by atoms with Crippen molar-refractivity contribution in [3.8, 4) is 21.7 Å². The zero-order valence-corrected chi connectivity index (χ0v) is 28.6. The Hall–Kier alpha value is -4.35. The molecular weight excluding hydrogens is 686 g/mol. The van der Waals surface area contributed by atoms with Gasteiger partial charge in [0.05, 0.1) is 17.9 Å². The summed E-state index contributed by atoms with van der Waals surface area (Å²) in [7, 11) is -3.18. The summed E-state index contributed by atoms with van der Waals surface area (Å²) in [5, 5.41) is 6.19. The molecule has 49 heavy (non-hydrogen) atoms. The van der Waals surface area contributed by atoms with Gasteiger partial charge in [-0.1, -0.05) is 6.07 Å². The van der Waals surface area contributed by atoms with Gasteiger partial charge in [0.1, 0.15) is 26.2 Å². The molecule has 1 aliphatic heterocycles. The Bertz CT molecular complexity index is 2050. The number of carbonyl (C=O) groups is 2. The van der Waals surface area contributed by atoms with Gasteiger partial charge in [0.2, 0.25) is 5.43 Å². The molecule has 0 bridgehead atoms. The molecule has 262 valence electrons. The summed E-state index contributed by atoms with van der Waals surface area (Å²) in [5.41, 5.74) is -0.364. The van der Waals surface area contributed by atoms with Crippen LogP contribution in [0.2, 0.25) is 0 Å². The van der Waals surface area contributed by atoms with Crippen LogP contribution in [0, 0.1) is 0 Å². The first kappa shape index (κ1) is 35.9. The molecule has 2 N–H and O–H groups in total. The van der Waals surface area contributed by atoms with Gasteiger partial charge in [-0.2, -0.15) is 13.2 Å². The maximum Gasteiger partial charge on any atom is 0.434 e. The number of carbonyl (C=O) groups excluding carboxylic acids is 2. The van der Waals surface area contributed by atoms with Crippen LogP contribution >= 0.6 is 11.3 Å². The van der Waals surface area contributed by atoms with Gasteiger partial charge < -0.3 is 19.5 Å². The molecule has 1 atom stereocenters. The first-order valence-electron chi connectivity index (χ1n) is 15.5. The number of piperidine rings is 1. The predicted molar refractivity (Wildman–Crippen MR) is 181 cm³/mol. The average molecular weight is 721 g/mol. The molecule has 1 fully saturated rings. The van der Waals surface area contributed by atoms with Crippen LogP contribution < -0.4 is 16.1 Å². The highest BCUT2D eigenvalue weighted by Gasteiger charge is 2.34. The fraction of sp³-hybridized carbons (Fsp3) is 0.406. The maximum atomic E-state index is 13.8. The molecule has 0 radical (unpaired) electrons. The molecule has 1 saturated heterocycles. The van der Waals surface area contributed by atoms with Gasteiger partial charge in [-0.05, 0) is 57.0 Å². The number of ether oxygens (including phenoxy) is 1. The number of urea groups is 1. The molecule has 1 aromatic carbocycles. The van der Waals surface area contributed by atoms with Crippen LogP contribution in [-0.2, 0) is 20.8 Å². The number of thiazole rings is 1. The lowest BCUT2D eigenvalue weighted by atomic mass is 9.98. The van der Waals surface area contributed by atoms with E-state index in [2.05, 4.69) is 20.6 Å². The van der Waals surface area contributed by atoms with Crippen LogP contribution in [-0.4, -0.2) is 84.6 Å². The van der Waals surface area contributed by atoms with Gasteiger partial charge in [0, 0.05) is 66.2 Å². The quantitative estimate of drug-likeness (QED) is 0.211. The van der Waals surface area contributed by atoms with Crippen molar-refractivity contribution in [2.75, 3.05) is 50.1 Å². The largest absolute Gasteiger partial charge is 0.462 e. The number of likely N-dealkylation sites (tertiary alicyclic amines) is 1. The van der Waals surface area contributed by atoms with Gasteiger partial charge in [-0.15, -0.1) is 11.3 Å². The Labute approximate surface area is 284 Å². The second-order valence-electron chi connectivity index (χ2n) is 11.6. The fourth-order valence-corrected chi connectivity index (χ4v) is 7.16. The minimum atomic E-state index is -4.68. The zero-order chi connectivity index (χ0) is 35.5. The van der Waals surface area contributed by atoms with E-state index < -0.39 is 39.1 Å². The number of benzene rings is 1. The smallest absolute Gasteiger partial charge is 0.434 e. The van der Waals surface area contributed by atoms with Crippen LogP contribution in [0.4, 0.5) is 23.8 Å². The lowest BCUT2D eigenvalue weighted by Gasteiger charge is -2.34. The van der Waals surface area contributed by atoms with Crippen molar-refractivity contribution < 1.29 is 35.9 Å². The van der Waals surface area contributed by atoms with E-state index >= 15 is 0 Å². The number of sulfone groups is 1. The molecule has 4 aromatic rings. The number of rotatable bonds is 10. The summed E-state index contributed by atoms with van der Waals surface area (Å²) in [5.74, 6) is -0.734. The molecule has 3 aromatic heterocycles. The molecule has 1 aliphatic rings. The van der Waals surface area contributed by atoms with E-state index in [4.69, 9.17) is 4.74 Å². The standard InChI is InChI=1S/C32H35F3N6O6S2/c1-4-36-31(44)39-27-14-21(29-38-26(18-48-29)32(33,34)35)23(15-37-27)19-8-9-25-22(13-19)28(42)24(30(43)47-5-2)17-41(25)20-7-6-10-40(16-20)11-12-49(3,45)46/h8-9,13-15,17-18,20H,4-7,10-12,16H2,1-3H3,(H2,36,37,39,44). The number of nitrogens with zero attached hydrogens (tertiary/aromatic N) is 4. The van der Waals surface area contributed by atoms with E-state index in [-0.39, 0.29) is 45.7 Å². The minimum absolute atomic E-state index is 0.000412. The number of amides is 2. The number of hydrogen-bond donors (Lipinski definition) is 2. The molecule has 0 aliphatic carbocycles.